The lowest BCUT2D eigenvalue weighted by Crippen LogP contribution is -2.62. The van der Waals surface area contributed by atoms with Crippen molar-refractivity contribution in [1.29, 1.82) is 0 Å². The molecular formula is C98H99ClN10O10. The number of rotatable bonds is 11. The highest BCUT2D eigenvalue weighted by Crippen LogP contribution is 2.63. The van der Waals surface area contributed by atoms with Crippen molar-refractivity contribution in [1.82, 2.24) is 40.0 Å². The van der Waals surface area contributed by atoms with Gasteiger partial charge in [-0.25, -0.2) is 9.69 Å². The molecule has 4 aliphatic carbocycles. The van der Waals surface area contributed by atoms with Gasteiger partial charge in [0.15, 0.2) is 23.1 Å². The van der Waals surface area contributed by atoms with Crippen LogP contribution in [-0.2, 0) is 94.9 Å². The van der Waals surface area contributed by atoms with Crippen LogP contribution in [0.4, 0.5) is 0 Å². The van der Waals surface area contributed by atoms with Gasteiger partial charge in [-0.1, -0.05) is 237 Å². The van der Waals surface area contributed by atoms with Gasteiger partial charge in [0, 0.05) is 136 Å². The van der Waals surface area contributed by atoms with Gasteiger partial charge >= 0.3 is 0 Å². The second-order valence-corrected chi connectivity index (χ2v) is 33.8. The minimum atomic E-state index is -1.15. The average molecular weight is 1610 g/mol. The quantitative estimate of drug-likeness (QED) is 0.0723. The first-order valence-electron chi connectivity index (χ1n) is 40.5. The zero-order valence-electron chi connectivity index (χ0n) is 68.5. The van der Waals surface area contributed by atoms with Crippen LogP contribution < -0.4 is 5.32 Å². The van der Waals surface area contributed by atoms with E-state index < -0.39 is 49.5 Å². The van der Waals surface area contributed by atoms with Gasteiger partial charge < -0.3 is 48.6 Å². The fraction of sp³-hybridized carbons (Fsp3) is 0.347. The SMILES string of the molecule is CC1(C)C2=CCN(Cc3cccnc3)C(=O)C2(c2ccccc2)CCC12OCCO2.CC1(C)C2=CCNC(=O)C2(c2ccccc2)CCC12OCCO2.ClCc1cccnc1.[C-]#[N+]C1=C[C@@]2(c3ccccc3)C(=O)N(Cc3cccnc3)CC=C2C(C)(C)C1=O.[C-]#[N+]C1=C[C@]2(c3ccccc3)C(=O)N(Cc3cccnc3)CC=C2C(C)(C)C1=O. The number of aromatic nitrogens is 4. The van der Waals surface area contributed by atoms with Crippen LogP contribution in [0, 0.1) is 34.8 Å². The molecule has 0 bridgehead atoms. The van der Waals surface area contributed by atoms with Gasteiger partial charge in [-0.2, -0.15) is 0 Å². The van der Waals surface area contributed by atoms with Gasteiger partial charge in [0.2, 0.25) is 35.0 Å². The number of pyridine rings is 4. The molecule has 4 aromatic heterocycles. The Morgan fingerprint density at radius 1 is 0.395 bits per heavy atom. The predicted octanol–water partition coefficient (Wildman–Crippen LogP) is 15.6. The van der Waals surface area contributed by atoms with E-state index in [9.17, 15) is 28.8 Å². The molecule has 4 atom stereocenters. The molecule has 20 nitrogen and oxygen atoms in total. The molecule has 4 aromatic carbocycles. The zero-order valence-corrected chi connectivity index (χ0v) is 69.3. The number of hydrogen-bond acceptors (Lipinski definition) is 14. The largest absolute Gasteiger partial charge is 0.352 e. The first kappa shape index (κ1) is 83.7. The molecule has 2 unspecified atom stereocenters. The second kappa shape index (κ2) is 33.9. The molecule has 10 aliphatic rings. The van der Waals surface area contributed by atoms with Crippen molar-refractivity contribution >= 4 is 46.8 Å². The van der Waals surface area contributed by atoms with Crippen molar-refractivity contribution in [2.45, 2.75) is 140 Å². The number of Topliss-reactive ketones (excluding diaryl/α,β-unsaturated/α-hetero) is 2. The summed E-state index contributed by atoms with van der Waals surface area (Å²) in [5, 5.41) is 3.04. The van der Waals surface area contributed by atoms with E-state index in [4.69, 9.17) is 43.7 Å². The second-order valence-electron chi connectivity index (χ2n) is 33.5. The highest BCUT2D eigenvalue weighted by Gasteiger charge is 2.67. The number of hydrogen-bond donors (Lipinski definition) is 1. The maximum Gasteiger partial charge on any atom is 0.240 e. The van der Waals surface area contributed by atoms with E-state index in [0.717, 1.165) is 73.2 Å². The summed E-state index contributed by atoms with van der Waals surface area (Å²) in [7, 11) is 0. The van der Waals surface area contributed by atoms with E-state index in [1.54, 1.807) is 93.0 Å². The number of allylic oxidation sites excluding steroid dienone is 2. The molecule has 119 heavy (non-hydrogen) atoms. The number of carbonyl (C=O) groups is 6. The summed E-state index contributed by atoms with van der Waals surface area (Å²) in [6.45, 7) is 36.8. The lowest BCUT2D eigenvalue weighted by molar-refractivity contribution is -0.236. The lowest BCUT2D eigenvalue weighted by atomic mass is 9.53. The van der Waals surface area contributed by atoms with Gasteiger partial charge in [-0.05, 0) is 104 Å². The number of nitrogens with zero attached hydrogens (tertiary/aromatic N) is 9. The molecule has 10 heterocycles. The van der Waals surface area contributed by atoms with E-state index in [-0.39, 0.29) is 52.0 Å². The molecule has 18 rings (SSSR count). The van der Waals surface area contributed by atoms with Gasteiger partial charge in [0.1, 0.15) is 10.8 Å². The fourth-order valence-corrected chi connectivity index (χ4v) is 19.9. The smallest absolute Gasteiger partial charge is 0.240 e. The highest BCUT2D eigenvalue weighted by molar-refractivity contribution is 6.17. The van der Waals surface area contributed by atoms with Crippen molar-refractivity contribution in [3.63, 3.8) is 0 Å². The molecule has 1 N–H and O–H groups in total. The minimum Gasteiger partial charge on any atom is -0.352 e. The molecule has 4 amide bonds. The normalized spacial score (nSPS) is 24.7. The Labute approximate surface area is 701 Å². The molecule has 21 heteroatoms. The standard InChI is InChI=1S/C25H28N2O3.2C24H21N3O2.C19H23NO3.C6H6ClN/c1-23(2)21-10-14-27(18-19-7-6-13-26-17-19)22(28)24(21,20-8-4-3-5-9-20)11-12-25(23)29-15-16-30-25;2*1-23(2)20-11-13-27(16-17-8-7-12-26-15-17)22(29)24(20,14-19(25-3)21(23)28)18-9-5-4-6-10-18;1-17(2)15-8-11-20-16(21)18(15,14-6-4-3-5-7-14)9-10-19(17)22-12-13-23-19;7-4-6-2-1-3-8-5-6/h3-10,13,17H,11-12,14-16,18H2,1-2H3;2*4-12,14-15H,13,16H2,1-2H3;3-8H,9-13H2,1-2H3,(H,20,21);1-3,5H,4H2/t;2*24-;;/m.10../s1. The van der Waals surface area contributed by atoms with Crippen LogP contribution in [0.3, 0.4) is 0 Å². The Morgan fingerprint density at radius 2 is 0.723 bits per heavy atom. The van der Waals surface area contributed by atoms with Gasteiger partial charge in [0.05, 0.1) is 50.4 Å². The number of alkyl halides is 1. The summed E-state index contributed by atoms with van der Waals surface area (Å²) in [5.41, 5.74) is 5.21. The molecular weight excluding hydrogens is 1510 g/mol. The Balaban J connectivity index is 0.000000126. The van der Waals surface area contributed by atoms with E-state index in [1.807, 2.05) is 169 Å². The van der Waals surface area contributed by atoms with E-state index in [0.29, 0.717) is 97.4 Å². The molecule has 2 spiro atoms. The Bertz CT molecular complexity index is 5230. The van der Waals surface area contributed by atoms with Crippen LogP contribution in [-0.4, -0.2) is 134 Å². The number of ether oxygens (including phenoxy) is 4. The van der Waals surface area contributed by atoms with Crippen molar-refractivity contribution in [2.75, 3.05) is 52.6 Å². The molecule has 2 saturated heterocycles. The Kier molecular flexibility index (Phi) is 23.9. The maximum absolute atomic E-state index is 14.2. The zero-order chi connectivity index (χ0) is 84.1. The van der Waals surface area contributed by atoms with Crippen LogP contribution in [0.25, 0.3) is 9.69 Å². The van der Waals surface area contributed by atoms with Gasteiger partial charge in [0.25, 0.3) is 0 Å². The average Bonchev–Trinajstić information content (AvgIpc) is 0.802. The summed E-state index contributed by atoms with van der Waals surface area (Å²) in [5.74, 6) is -1.15. The third kappa shape index (κ3) is 14.8. The third-order valence-corrected chi connectivity index (χ3v) is 26.0. The van der Waals surface area contributed by atoms with Crippen molar-refractivity contribution in [3.05, 3.63) is 357 Å². The van der Waals surface area contributed by atoms with Crippen LogP contribution in [0.2, 0.25) is 0 Å². The number of amides is 4. The van der Waals surface area contributed by atoms with Crippen LogP contribution >= 0.6 is 11.6 Å². The topological polar surface area (TPSA) is 221 Å². The molecule has 0 radical (unpaired) electrons. The van der Waals surface area contributed by atoms with Crippen molar-refractivity contribution in [2.24, 2.45) is 21.7 Å². The van der Waals surface area contributed by atoms with Crippen LogP contribution in [0.5, 0.6) is 0 Å². The number of ketones is 2. The molecule has 2 saturated carbocycles. The summed E-state index contributed by atoms with van der Waals surface area (Å²) < 4.78 is 24.5. The number of nitrogens with one attached hydrogen (secondary N) is 1. The van der Waals surface area contributed by atoms with Gasteiger partial charge in [-0.3, -0.25) is 39.1 Å². The third-order valence-electron chi connectivity index (χ3n) is 25.6. The predicted molar refractivity (Wildman–Crippen MR) is 453 cm³/mol. The minimum absolute atomic E-state index is 0.0209. The van der Waals surface area contributed by atoms with Crippen LogP contribution in [0.15, 0.2) is 290 Å². The summed E-state index contributed by atoms with van der Waals surface area (Å²) in [6.07, 6.45) is 28.3. The number of benzene rings is 4. The van der Waals surface area contributed by atoms with Crippen LogP contribution in [0.1, 0.15) is 126 Å². The maximum atomic E-state index is 14.2. The Hall–Kier alpha value is -11.8. The number of halogens is 1. The van der Waals surface area contributed by atoms with Crippen molar-refractivity contribution < 1.29 is 47.7 Å². The Morgan fingerprint density at radius 3 is 1.07 bits per heavy atom. The summed E-state index contributed by atoms with van der Waals surface area (Å²) in [6, 6.07) is 54.5. The van der Waals surface area contributed by atoms with E-state index in [2.05, 4.69) is 99.1 Å². The first-order chi connectivity index (χ1) is 57.3. The summed E-state index contributed by atoms with van der Waals surface area (Å²) in [4.78, 5) is 110. The lowest BCUT2D eigenvalue weighted by Gasteiger charge is -2.57. The molecule has 6 aliphatic heterocycles. The van der Waals surface area contributed by atoms with Gasteiger partial charge in [-0.15, -0.1) is 11.6 Å². The fourth-order valence-electron chi connectivity index (χ4n) is 19.7. The number of carbonyl (C=O) groups excluding carboxylic acids is 6. The molecule has 608 valence electrons. The highest BCUT2D eigenvalue weighted by atomic mass is 35.5. The first-order valence-corrected chi connectivity index (χ1v) is 41.0. The molecule has 4 fully saturated rings. The number of fused-ring (bicyclic) bond motifs is 4. The van der Waals surface area contributed by atoms with E-state index in [1.165, 1.54) is 0 Å². The summed E-state index contributed by atoms with van der Waals surface area (Å²) >= 11 is 5.49. The van der Waals surface area contributed by atoms with Crippen molar-refractivity contribution in [3.8, 4) is 0 Å². The van der Waals surface area contributed by atoms with E-state index >= 15 is 0 Å². The molecule has 8 aromatic rings. The monoisotopic (exact) mass is 1610 g/mol.